The fourth-order valence-electron chi connectivity index (χ4n) is 4.49. The standard InChI is InChI=1S/C31H59N13O8/c1-17(2)12-21(29(51)40-15-24(47)42-20(27(34)49)9-5-6-10-32)43-23(46)14-38-22(45)13-41-30(52)26(18(3)4)44-25(48)16-39-28(50)19(33)8-7-11-37-31(35)36/h17-21,26H,5-16,32-33H2,1-4H3,(H2,34,49)(H,38,45)(H,39,50)(H,40,51)(H,41,52)(H,42,47)(H,43,46)(H,44,48)(H4,35,36,37)/t19-,20-,21-,26-/m0/s1. The van der Waals surface area contributed by atoms with Crippen molar-refractivity contribution >= 4 is 53.2 Å². The number of rotatable bonds is 26. The predicted octanol–water partition coefficient (Wildman–Crippen LogP) is -5.40. The number of carbonyl (C=O) groups excluding carboxylic acids is 8. The molecule has 0 aromatic heterocycles. The Labute approximate surface area is 303 Å². The molecule has 0 spiro atoms. The molecule has 0 rings (SSSR count). The molecule has 0 saturated carbocycles. The molecule has 0 radical (unpaired) electrons. The SMILES string of the molecule is CC(C)C[C@H](NC(=O)CNC(=O)CNC(=O)[C@@H](NC(=O)CNC(=O)[C@@H](N)CCCN=C(N)N)C(C)C)C(=O)NCC(=O)N[C@@H](CCCCN)C(N)=O. The molecule has 17 N–H and O–H groups in total. The van der Waals surface area contributed by atoms with E-state index >= 15 is 0 Å². The number of hydrogen-bond acceptors (Lipinski definition) is 11. The van der Waals surface area contributed by atoms with Gasteiger partial charge in [-0.15, -0.1) is 0 Å². The van der Waals surface area contributed by atoms with E-state index in [1.807, 2.05) is 13.8 Å². The zero-order chi connectivity index (χ0) is 39.8. The van der Waals surface area contributed by atoms with E-state index < -0.39 is 104 Å². The first kappa shape index (κ1) is 46.9. The van der Waals surface area contributed by atoms with Crippen LogP contribution in [0.5, 0.6) is 0 Å². The van der Waals surface area contributed by atoms with Crippen LogP contribution in [-0.4, -0.2) is 117 Å². The molecule has 0 saturated heterocycles. The highest BCUT2D eigenvalue weighted by atomic mass is 16.2. The first-order valence-corrected chi connectivity index (χ1v) is 17.2. The fraction of sp³-hybridized carbons (Fsp3) is 0.710. The Kier molecular flexibility index (Phi) is 23.3. The van der Waals surface area contributed by atoms with E-state index in [2.05, 4.69) is 42.2 Å². The zero-order valence-electron chi connectivity index (χ0n) is 30.5. The summed E-state index contributed by atoms with van der Waals surface area (Å²) in [5.74, 6) is -5.88. The summed E-state index contributed by atoms with van der Waals surface area (Å²) < 4.78 is 0. The van der Waals surface area contributed by atoms with Crippen molar-refractivity contribution < 1.29 is 38.4 Å². The van der Waals surface area contributed by atoms with Crippen molar-refractivity contribution in [1.29, 1.82) is 0 Å². The topological polar surface area (TPSA) is 363 Å². The van der Waals surface area contributed by atoms with Crippen LogP contribution in [0.2, 0.25) is 0 Å². The van der Waals surface area contributed by atoms with E-state index in [0.717, 1.165) is 0 Å². The Balaban J connectivity index is 4.84. The minimum atomic E-state index is -1.05. The van der Waals surface area contributed by atoms with Crippen LogP contribution in [0.1, 0.15) is 66.2 Å². The molecule has 0 aliphatic rings. The Morgan fingerprint density at radius 1 is 0.596 bits per heavy atom. The third-order valence-electron chi connectivity index (χ3n) is 7.27. The average molecular weight is 742 g/mol. The number of primary amides is 1. The molecule has 52 heavy (non-hydrogen) atoms. The number of aliphatic imine (C=N–C) groups is 1. The monoisotopic (exact) mass is 741 g/mol. The van der Waals surface area contributed by atoms with Gasteiger partial charge in [-0.2, -0.15) is 0 Å². The van der Waals surface area contributed by atoms with Crippen LogP contribution in [0.25, 0.3) is 0 Å². The van der Waals surface area contributed by atoms with Crippen LogP contribution < -0.4 is 65.9 Å². The molecule has 21 nitrogen and oxygen atoms in total. The number of nitrogens with zero attached hydrogens (tertiary/aromatic N) is 1. The summed E-state index contributed by atoms with van der Waals surface area (Å²) >= 11 is 0. The lowest BCUT2D eigenvalue weighted by atomic mass is 10.0. The molecule has 0 aliphatic carbocycles. The third kappa shape index (κ3) is 21.9. The van der Waals surface area contributed by atoms with Gasteiger partial charge >= 0.3 is 0 Å². The minimum Gasteiger partial charge on any atom is -0.370 e. The predicted molar refractivity (Wildman–Crippen MR) is 192 cm³/mol. The maximum Gasteiger partial charge on any atom is 0.243 e. The van der Waals surface area contributed by atoms with Crippen LogP contribution in [0.4, 0.5) is 0 Å². The smallest absolute Gasteiger partial charge is 0.243 e. The second-order valence-corrected chi connectivity index (χ2v) is 12.8. The lowest BCUT2D eigenvalue weighted by Gasteiger charge is -2.22. The normalized spacial score (nSPS) is 13.1. The lowest BCUT2D eigenvalue weighted by Crippen LogP contribution is -2.54. The van der Waals surface area contributed by atoms with E-state index in [1.54, 1.807) is 13.8 Å². The van der Waals surface area contributed by atoms with Crippen molar-refractivity contribution in [2.45, 2.75) is 90.4 Å². The molecule has 0 heterocycles. The van der Waals surface area contributed by atoms with E-state index in [4.69, 9.17) is 28.7 Å². The number of amides is 8. The molecule has 0 unspecified atom stereocenters. The highest BCUT2D eigenvalue weighted by Crippen LogP contribution is 2.06. The van der Waals surface area contributed by atoms with Crippen molar-refractivity contribution in [2.24, 2.45) is 45.5 Å². The molecule has 296 valence electrons. The number of carbonyl (C=O) groups is 8. The first-order chi connectivity index (χ1) is 24.4. The van der Waals surface area contributed by atoms with Gasteiger partial charge in [-0.25, -0.2) is 0 Å². The summed E-state index contributed by atoms with van der Waals surface area (Å²) in [7, 11) is 0. The molecule has 0 aromatic rings. The Hall–Kier alpha value is -5.05. The molecular weight excluding hydrogens is 682 g/mol. The Morgan fingerprint density at radius 2 is 1.12 bits per heavy atom. The third-order valence-corrected chi connectivity index (χ3v) is 7.27. The molecule has 0 fully saturated rings. The van der Waals surface area contributed by atoms with Gasteiger partial charge in [0.05, 0.1) is 32.2 Å². The lowest BCUT2D eigenvalue weighted by molar-refractivity contribution is -0.132. The summed E-state index contributed by atoms with van der Waals surface area (Å²) in [6.07, 6.45) is 2.45. The summed E-state index contributed by atoms with van der Waals surface area (Å²) in [5, 5.41) is 17.0. The van der Waals surface area contributed by atoms with Gasteiger partial charge in [0.25, 0.3) is 0 Å². The maximum atomic E-state index is 12.8. The quantitative estimate of drug-likeness (QED) is 0.0225. The largest absolute Gasteiger partial charge is 0.370 e. The molecule has 8 amide bonds. The molecule has 0 aliphatic heterocycles. The molecule has 0 bridgehead atoms. The fourth-order valence-corrected chi connectivity index (χ4v) is 4.49. The zero-order valence-corrected chi connectivity index (χ0v) is 30.5. The average Bonchev–Trinajstić information content (AvgIpc) is 3.06. The van der Waals surface area contributed by atoms with Gasteiger partial charge in [0.1, 0.15) is 18.1 Å². The second-order valence-electron chi connectivity index (χ2n) is 12.8. The Morgan fingerprint density at radius 3 is 1.65 bits per heavy atom. The highest BCUT2D eigenvalue weighted by Gasteiger charge is 2.26. The van der Waals surface area contributed by atoms with Crippen LogP contribution >= 0.6 is 0 Å². The van der Waals surface area contributed by atoms with E-state index in [9.17, 15) is 38.4 Å². The molecule has 21 heteroatoms. The van der Waals surface area contributed by atoms with Crippen molar-refractivity contribution in [3.8, 4) is 0 Å². The maximum absolute atomic E-state index is 12.8. The van der Waals surface area contributed by atoms with E-state index in [1.165, 1.54) is 0 Å². The van der Waals surface area contributed by atoms with Crippen LogP contribution in [0.15, 0.2) is 4.99 Å². The van der Waals surface area contributed by atoms with Crippen molar-refractivity contribution in [1.82, 2.24) is 37.2 Å². The first-order valence-electron chi connectivity index (χ1n) is 17.2. The van der Waals surface area contributed by atoms with Crippen LogP contribution in [0, 0.1) is 11.8 Å². The van der Waals surface area contributed by atoms with Crippen LogP contribution in [-0.2, 0) is 38.4 Å². The number of unbranched alkanes of at least 4 members (excludes halogenated alkanes) is 1. The summed E-state index contributed by atoms with van der Waals surface area (Å²) in [4.78, 5) is 103. The van der Waals surface area contributed by atoms with Crippen molar-refractivity contribution in [3.05, 3.63) is 0 Å². The van der Waals surface area contributed by atoms with Gasteiger partial charge in [-0.3, -0.25) is 43.3 Å². The number of nitrogens with one attached hydrogen (secondary N) is 7. The summed E-state index contributed by atoms with van der Waals surface area (Å²) in [5.41, 5.74) is 27.1. The van der Waals surface area contributed by atoms with E-state index in [0.29, 0.717) is 38.8 Å². The molecule has 0 aromatic carbocycles. The number of hydrogen-bond donors (Lipinski definition) is 12. The second kappa shape index (κ2) is 25.8. The minimum absolute atomic E-state index is 0.0346. The van der Waals surface area contributed by atoms with Gasteiger partial charge in [0.2, 0.25) is 47.3 Å². The number of guanidine groups is 1. The van der Waals surface area contributed by atoms with E-state index in [-0.39, 0.29) is 24.7 Å². The summed E-state index contributed by atoms with van der Waals surface area (Å²) in [6.45, 7) is 5.72. The van der Waals surface area contributed by atoms with Gasteiger partial charge < -0.3 is 65.9 Å². The molecule has 4 atom stereocenters. The van der Waals surface area contributed by atoms with Crippen molar-refractivity contribution in [2.75, 3.05) is 39.3 Å². The highest BCUT2D eigenvalue weighted by molar-refractivity contribution is 5.95. The summed E-state index contributed by atoms with van der Waals surface area (Å²) in [6, 6.07) is -3.91. The molecular formula is C31H59N13O8. The van der Waals surface area contributed by atoms with Gasteiger partial charge in [-0.1, -0.05) is 27.7 Å². The van der Waals surface area contributed by atoms with Gasteiger partial charge in [-0.05, 0) is 56.9 Å². The van der Waals surface area contributed by atoms with Gasteiger partial charge in [0.15, 0.2) is 5.96 Å². The Bertz CT molecular complexity index is 1240. The van der Waals surface area contributed by atoms with Gasteiger partial charge in [0, 0.05) is 6.54 Å². The van der Waals surface area contributed by atoms with Crippen molar-refractivity contribution in [3.63, 3.8) is 0 Å². The number of nitrogens with two attached hydrogens (primary N) is 5. The van der Waals surface area contributed by atoms with Crippen LogP contribution in [0.3, 0.4) is 0 Å².